The van der Waals surface area contributed by atoms with Gasteiger partial charge in [-0.3, -0.25) is 4.79 Å². The third kappa shape index (κ3) is 5.96. The molecule has 0 aromatic heterocycles. The van der Waals surface area contributed by atoms with Crippen molar-refractivity contribution in [3.63, 3.8) is 0 Å². The highest BCUT2D eigenvalue weighted by molar-refractivity contribution is 5.95. The van der Waals surface area contributed by atoms with Gasteiger partial charge in [0.15, 0.2) is 5.96 Å². The van der Waals surface area contributed by atoms with Gasteiger partial charge in [0.05, 0.1) is 13.2 Å². The molecule has 0 unspecified atom stereocenters. The van der Waals surface area contributed by atoms with Gasteiger partial charge in [0.2, 0.25) is 5.91 Å². The van der Waals surface area contributed by atoms with Crippen molar-refractivity contribution in [3.05, 3.63) is 29.8 Å². The fourth-order valence-corrected chi connectivity index (χ4v) is 3.18. The average Bonchev–Trinajstić information content (AvgIpc) is 3.41. The molecule has 1 aromatic rings. The maximum Gasteiger partial charge on any atom is 0.227 e. The predicted octanol–water partition coefficient (Wildman–Crippen LogP) is 2.64. The second-order valence-corrected chi connectivity index (χ2v) is 7.43. The molecular weight excluding hydrogens is 340 g/mol. The molecule has 1 saturated heterocycles. The van der Waals surface area contributed by atoms with Gasteiger partial charge in [-0.15, -0.1) is 0 Å². The second-order valence-electron chi connectivity index (χ2n) is 7.43. The molecule has 27 heavy (non-hydrogen) atoms. The van der Waals surface area contributed by atoms with Crippen LogP contribution in [0.1, 0.15) is 38.2 Å². The Balaban J connectivity index is 1.51. The summed E-state index contributed by atoms with van der Waals surface area (Å²) in [6.07, 6.45) is 4.26. The number of amides is 1. The van der Waals surface area contributed by atoms with Crippen molar-refractivity contribution in [3.8, 4) is 0 Å². The van der Waals surface area contributed by atoms with Crippen LogP contribution in [0, 0.1) is 5.92 Å². The van der Waals surface area contributed by atoms with E-state index in [0.29, 0.717) is 13.0 Å². The number of nitrogens with one attached hydrogen (secondary N) is 1. The molecule has 3 rings (SSSR count). The van der Waals surface area contributed by atoms with Crippen molar-refractivity contribution in [2.75, 3.05) is 44.8 Å². The van der Waals surface area contributed by atoms with Crippen molar-refractivity contribution in [1.82, 2.24) is 10.2 Å². The van der Waals surface area contributed by atoms with Crippen LogP contribution in [0.2, 0.25) is 0 Å². The largest absolute Gasteiger partial charge is 0.379 e. The zero-order valence-electron chi connectivity index (χ0n) is 16.6. The van der Waals surface area contributed by atoms with Crippen LogP contribution in [-0.4, -0.2) is 56.7 Å². The first-order valence-corrected chi connectivity index (χ1v) is 10.1. The number of guanidine groups is 1. The van der Waals surface area contributed by atoms with Gasteiger partial charge < -0.3 is 19.9 Å². The summed E-state index contributed by atoms with van der Waals surface area (Å²) < 4.78 is 5.73. The highest BCUT2D eigenvalue weighted by Crippen LogP contribution is 2.28. The fraction of sp³-hybridized carbons (Fsp3) is 0.619. The number of aliphatic imine (C=N–C) groups is 1. The first-order valence-electron chi connectivity index (χ1n) is 10.1. The lowest BCUT2D eigenvalue weighted by atomic mass is 10.2. The van der Waals surface area contributed by atoms with Gasteiger partial charge in [0.25, 0.3) is 0 Å². The van der Waals surface area contributed by atoms with Crippen LogP contribution in [0.5, 0.6) is 0 Å². The number of benzene rings is 1. The Kier molecular flexibility index (Phi) is 7.10. The molecule has 1 saturated carbocycles. The summed E-state index contributed by atoms with van der Waals surface area (Å²) in [6.45, 7) is 6.81. The minimum absolute atomic E-state index is 0.223. The number of carbonyl (C=O) groups excluding carboxylic acids is 1. The molecule has 0 bridgehead atoms. The smallest absolute Gasteiger partial charge is 0.227 e. The van der Waals surface area contributed by atoms with E-state index in [-0.39, 0.29) is 5.91 Å². The molecule has 1 amide bonds. The van der Waals surface area contributed by atoms with Gasteiger partial charge in [-0.2, -0.15) is 0 Å². The molecule has 1 aliphatic carbocycles. The predicted molar refractivity (Wildman–Crippen MR) is 109 cm³/mol. The van der Waals surface area contributed by atoms with Crippen molar-refractivity contribution in [1.29, 1.82) is 0 Å². The molecule has 0 atom stereocenters. The Morgan fingerprint density at radius 2 is 2.11 bits per heavy atom. The number of likely N-dealkylation sites (N-methyl/N-ethyl adjacent to an activating group) is 1. The lowest BCUT2D eigenvalue weighted by Gasteiger charge is -2.22. The Morgan fingerprint density at radius 1 is 1.33 bits per heavy atom. The molecule has 6 heteroatoms. The monoisotopic (exact) mass is 372 g/mol. The van der Waals surface area contributed by atoms with Gasteiger partial charge in [0, 0.05) is 45.4 Å². The van der Waals surface area contributed by atoms with Crippen LogP contribution in [0.4, 0.5) is 5.69 Å². The molecule has 0 radical (unpaired) electrons. The van der Waals surface area contributed by atoms with E-state index in [0.717, 1.165) is 62.4 Å². The van der Waals surface area contributed by atoms with Crippen molar-refractivity contribution >= 4 is 17.6 Å². The van der Waals surface area contributed by atoms with Gasteiger partial charge in [-0.25, -0.2) is 4.99 Å². The molecule has 1 aliphatic heterocycles. The number of ether oxygens (including phenoxy) is 1. The lowest BCUT2D eigenvalue weighted by molar-refractivity contribution is -0.117. The lowest BCUT2D eigenvalue weighted by Crippen LogP contribution is -2.40. The van der Waals surface area contributed by atoms with Gasteiger partial charge in [-0.05, 0) is 49.8 Å². The first kappa shape index (κ1) is 19.7. The molecular formula is C21H32N4O2. The Labute approximate surface area is 162 Å². The highest BCUT2D eigenvalue weighted by Gasteiger charge is 2.22. The molecule has 1 aromatic carbocycles. The molecule has 6 nitrogen and oxygen atoms in total. The molecule has 1 N–H and O–H groups in total. The topological polar surface area (TPSA) is 57.2 Å². The molecule has 148 valence electrons. The summed E-state index contributed by atoms with van der Waals surface area (Å²) in [5.41, 5.74) is 2.13. The quantitative estimate of drug-likeness (QED) is 0.411. The van der Waals surface area contributed by atoms with E-state index < -0.39 is 0 Å². The fourth-order valence-electron chi connectivity index (χ4n) is 3.18. The minimum Gasteiger partial charge on any atom is -0.379 e. The molecule has 1 heterocycles. The number of nitrogens with zero attached hydrogens (tertiary/aromatic N) is 3. The van der Waals surface area contributed by atoms with E-state index in [4.69, 9.17) is 9.73 Å². The molecule has 2 fully saturated rings. The standard InChI is InChI=1S/C21H32N4O2/c1-3-22-21(24(2)13-14-27-16-18-6-7-18)23-15-17-8-10-19(11-9-17)25-12-4-5-20(25)26/h8-11,18H,3-7,12-16H2,1-2H3,(H,22,23). The van der Waals surface area contributed by atoms with Crippen LogP contribution in [0.15, 0.2) is 29.3 Å². The van der Waals surface area contributed by atoms with Crippen LogP contribution in [0.3, 0.4) is 0 Å². The summed E-state index contributed by atoms with van der Waals surface area (Å²) in [6, 6.07) is 8.17. The Bertz CT molecular complexity index is 640. The van der Waals surface area contributed by atoms with E-state index in [1.54, 1.807) is 0 Å². The maximum atomic E-state index is 11.9. The van der Waals surface area contributed by atoms with Crippen LogP contribution in [0.25, 0.3) is 0 Å². The first-order chi connectivity index (χ1) is 13.2. The van der Waals surface area contributed by atoms with Crippen LogP contribution in [-0.2, 0) is 16.1 Å². The summed E-state index contributed by atoms with van der Waals surface area (Å²) in [5.74, 6) is 1.92. The summed E-state index contributed by atoms with van der Waals surface area (Å²) in [5, 5.41) is 3.34. The maximum absolute atomic E-state index is 11.9. The Hall–Kier alpha value is -2.08. The third-order valence-electron chi connectivity index (χ3n) is 5.05. The van der Waals surface area contributed by atoms with Crippen LogP contribution >= 0.6 is 0 Å². The van der Waals surface area contributed by atoms with Gasteiger partial charge in [-0.1, -0.05) is 12.1 Å². The van der Waals surface area contributed by atoms with E-state index in [1.165, 1.54) is 12.8 Å². The van der Waals surface area contributed by atoms with Crippen molar-refractivity contribution < 1.29 is 9.53 Å². The normalized spacial score (nSPS) is 17.5. The van der Waals surface area contributed by atoms with Crippen LogP contribution < -0.4 is 10.2 Å². The van der Waals surface area contributed by atoms with E-state index in [1.807, 2.05) is 24.1 Å². The number of carbonyl (C=O) groups is 1. The zero-order chi connectivity index (χ0) is 19.1. The highest BCUT2D eigenvalue weighted by atomic mass is 16.5. The molecule has 0 spiro atoms. The average molecular weight is 373 g/mol. The summed E-state index contributed by atoms with van der Waals surface area (Å²) in [4.78, 5) is 20.6. The van der Waals surface area contributed by atoms with Gasteiger partial charge >= 0.3 is 0 Å². The molecule has 2 aliphatic rings. The van der Waals surface area contributed by atoms with Gasteiger partial charge in [0.1, 0.15) is 0 Å². The summed E-state index contributed by atoms with van der Waals surface area (Å²) in [7, 11) is 2.05. The van der Waals surface area contributed by atoms with Crippen molar-refractivity contribution in [2.24, 2.45) is 10.9 Å². The van der Waals surface area contributed by atoms with Crippen molar-refractivity contribution in [2.45, 2.75) is 39.2 Å². The summed E-state index contributed by atoms with van der Waals surface area (Å²) >= 11 is 0. The van der Waals surface area contributed by atoms with E-state index >= 15 is 0 Å². The number of hydrogen-bond donors (Lipinski definition) is 1. The SMILES string of the molecule is CCNC(=NCc1ccc(N2CCCC2=O)cc1)N(C)CCOCC1CC1. The zero-order valence-corrected chi connectivity index (χ0v) is 16.6. The number of hydrogen-bond acceptors (Lipinski definition) is 3. The second kappa shape index (κ2) is 9.74. The van der Waals surface area contributed by atoms with E-state index in [9.17, 15) is 4.79 Å². The number of anilines is 1. The Morgan fingerprint density at radius 3 is 2.74 bits per heavy atom. The number of rotatable bonds is 9. The third-order valence-corrected chi connectivity index (χ3v) is 5.05. The minimum atomic E-state index is 0.223. The van der Waals surface area contributed by atoms with E-state index in [2.05, 4.69) is 29.3 Å².